The van der Waals surface area contributed by atoms with Crippen LogP contribution in [0.5, 0.6) is 0 Å². The number of hydrogen-bond acceptors (Lipinski definition) is 6. The summed E-state index contributed by atoms with van der Waals surface area (Å²) in [6.07, 6.45) is 0. The maximum atomic E-state index is 11.0. The van der Waals surface area contributed by atoms with Crippen molar-refractivity contribution in [2.24, 2.45) is 0 Å². The molecule has 8 heteroatoms. The van der Waals surface area contributed by atoms with Crippen LogP contribution in [-0.2, 0) is 0 Å². The first-order valence-corrected chi connectivity index (χ1v) is 8.60. The number of aromatic nitrogens is 4. The Balaban J connectivity index is 1.88. The second-order valence-electron chi connectivity index (χ2n) is 5.83. The first-order valence-electron chi connectivity index (χ1n) is 7.72. The summed E-state index contributed by atoms with van der Waals surface area (Å²) in [6, 6.07) is 12.8. The maximum Gasteiger partial charge on any atom is 0.269 e. The van der Waals surface area contributed by atoms with Crippen LogP contribution in [0.4, 0.5) is 5.69 Å². The second kappa shape index (κ2) is 7.02. The lowest BCUT2D eigenvalue weighted by molar-refractivity contribution is -0.384. The van der Waals surface area contributed by atoms with E-state index < -0.39 is 0 Å². The Bertz CT molecular complexity index is 905. The van der Waals surface area contributed by atoms with Crippen molar-refractivity contribution in [2.45, 2.75) is 31.2 Å². The Labute approximate surface area is 149 Å². The quantitative estimate of drug-likeness (QED) is 0.390. The van der Waals surface area contributed by atoms with E-state index in [-0.39, 0.29) is 15.9 Å². The summed E-state index contributed by atoms with van der Waals surface area (Å²) in [5.41, 5.74) is 4.10. The van der Waals surface area contributed by atoms with Crippen LogP contribution in [0.3, 0.4) is 0 Å². The Kier molecular flexibility index (Phi) is 4.80. The predicted octanol–water partition coefficient (Wildman–Crippen LogP) is 4.04. The molecule has 25 heavy (non-hydrogen) atoms. The zero-order valence-corrected chi connectivity index (χ0v) is 14.9. The van der Waals surface area contributed by atoms with E-state index >= 15 is 0 Å². The fraction of sp³-hybridized carbons (Fsp3) is 0.235. The molecule has 0 radical (unpaired) electrons. The van der Waals surface area contributed by atoms with Crippen LogP contribution in [0, 0.1) is 24.0 Å². The highest BCUT2D eigenvalue weighted by Crippen LogP contribution is 2.35. The van der Waals surface area contributed by atoms with Gasteiger partial charge in [0.2, 0.25) is 5.16 Å². The summed E-state index contributed by atoms with van der Waals surface area (Å²) in [5, 5.41) is 23.5. The molecular weight excluding hydrogens is 338 g/mol. The van der Waals surface area contributed by atoms with Gasteiger partial charge in [0, 0.05) is 17.4 Å². The van der Waals surface area contributed by atoms with Crippen molar-refractivity contribution in [3.63, 3.8) is 0 Å². The number of non-ortho nitro benzene ring substituents is 1. The standard InChI is InChI=1S/C17H17N5O2S/c1-11-7-12(2)9-16(8-11)21-17(18-19-20-21)25-13(3)14-5-4-6-15(10-14)22(23)24/h4-10,13H,1-3H3/t13-/m1/s1. The molecule has 128 valence electrons. The first kappa shape index (κ1) is 17.1. The van der Waals surface area contributed by atoms with Gasteiger partial charge in [0.15, 0.2) is 0 Å². The molecule has 1 heterocycles. The van der Waals surface area contributed by atoms with Gasteiger partial charge in [-0.2, -0.15) is 4.68 Å². The van der Waals surface area contributed by atoms with E-state index in [1.807, 2.05) is 39.0 Å². The fourth-order valence-corrected chi connectivity index (χ4v) is 3.53. The van der Waals surface area contributed by atoms with Gasteiger partial charge in [-0.1, -0.05) is 30.0 Å². The molecule has 0 aliphatic heterocycles. The molecule has 3 rings (SSSR count). The second-order valence-corrected chi connectivity index (χ2v) is 7.14. The third-order valence-electron chi connectivity index (χ3n) is 3.72. The predicted molar refractivity (Wildman–Crippen MR) is 96.0 cm³/mol. The van der Waals surface area contributed by atoms with Crippen molar-refractivity contribution in [2.75, 3.05) is 0 Å². The third-order valence-corrected chi connectivity index (χ3v) is 4.82. The number of benzene rings is 2. The smallest absolute Gasteiger partial charge is 0.258 e. The molecule has 0 spiro atoms. The summed E-state index contributed by atoms with van der Waals surface area (Å²) < 4.78 is 1.69. The van der Waals surface area contributed by atoms with Crippen molar-refractivity contribution in [1.82, 2.24) is 20.2 Å². The molecule has 0 aliphatic rings. The minimum atomic E-state index is -0.388. The number of hydrogen-bond donors (Lipinski definition) is 0. The monoisotopic (exact) mass is 355 g/mol. The topological polar surface area (TPSA) is 86.7 Å². The van der Waals surface area contributed by atoms with E-state index in [1.165, 1.54) is 17.8 Å². The molecule has 0 amide bonds. The molecule has 2 aromatic carbocycles. The third kappa shape index (κ3) is 3.85. The molecule has 7 nitrogen and oxygen atoms in total. The van der Waals surface area contributed by atoms with Crippen molar-refractivity contribution in [1.29, 1.82) is 0 Å². The highest BCUT2D eigenvalue weighted by molar-refractivity contribution is 7.99. The number of rotatable bonds is 5. The Morgan fingerprint density at radius 2 is 1.88 bits per heavy atom. The summed E-state index contributed by atoms with van der Waals surface area (Å²) in [7, 11) is 0. The lowest BCUT2D eigenvalue weighted by atomic mass is 10.1. The number of tetrazole rings is 1. The lowest BCUT2D eigenvalue weighted by Crippen LogP contribution is -2.01. The largest absolute Gasteiger partial charge is 0.269 e. The van der Waals surface area contributed by atoms with Gasteiger partial charge < -0.3 is 0 Å². The van der Waals surface area contributed by atoms with Crippen LogP contribution < -0.4 is 0 Å². The number of nitrogens with zero attached hydrogens (tertiary/aromatic N) is 5. The van der Waals surface area contributed by atoms with Crippen LogP contribution in [0.2, 0.25) is 0 Å². The van der Waals surface area contributed by atoms with Crippen LogP contribution in [-0.4, -0.2) is 25.1 Å². The molecule has 0 unspecified atom stereocenters. The molecule has 0 aliphatic carbocycles. The van der Waals surface area contributed by atoms with E-state index in [2.05, 4.69) is 21.6 Å². The van der Waals surface area contributed by atoms with Crippen LogP contribution in [0.1, 0.15) is 28.9 Å². The number of thioether (sulfide) groups is 1. The van der Waals surface area contributed by atoms with Crippen molar-refractivity contribution in [3.8, 4) is 5.69 Å². The van der Waals surface area contributed by atoms with Gasteiger partial charge in [-0.25, -0.2) is 0 Å². The Hall–Kier alpha value is -2.74. The highest BCUT2D eigenvalue weighted by atomic mass is 32.2. The Morgan fingerprint density at radius 1 is 1.16 bits per heavy atom. The summed E-state index contributed by atoms with van der Waals surface area (Å²) >= 11 is 1.46. The molecule has 0 saturated heterocycles. The van der Waals surface area contributed by atoms with Gasteiger partial charge in [-0.3, -0.25) is 10.1 Å². The van der Waals surface area contributed by atoms with Gasteiger partial charge >= 0.3 is 0 Å². The molecular formula is C17H17N5O2S. The summed E-state index contributed by atoms with van der Waals surface area (Å²) in [5.74, 6) is 0. The molecule has 1 atom stereocenters. The first-order chi connectivity index (χ1) is 11.9. The number of nitro benzene ring substituents is 1. The normalized spacial score (nSPS) is 12.1. The average molecular weight is 355 g/mol. The van der Waals surface area contributed by atoms with E-state index in [1.54, 1.807) is 16.8 Å². The van der Waals surface area contributed by atoms with E-state index in [4.69, 9.17) is 0 Å². The minimum Gasteiger partial charge on any atom is -0.258 e. The van der Waals surface area contributed by atoms with E-state index in [9.17, 15) is 10.1 Å². The van der Waals surface area contributed by atoms with Gasteiger partial charge in [-0.15, -0.1) is 5.10 Å². The SMILES string of the molecule is Cc1cc(C)cc(-n2nnnc2S[C@H](C)c2cccc([N+](=O)[O-])c2)c1. The van der Waals surface area contributed by atoms with Gasteiger partial charge in [0.05, 0.1) is 10.6 Å². The van der Waals surface area contributed by atoms with Crippen LogP contribution in [0.15, 0.2) is 47.6 Å². The van der Waals surface area contributed by atoms with Crippen molar-refractivity contribution in [3.05, 3.63) is 69.3 Å². The molecule has 1 aromatic heterocycles. The summed E-state index contributed by atoms with van der Waals surface area (Å²) in [4.78, 5) is 10.6. The number of nitro groups is 1. The molecule has 0 N–H and O–H groups in total. The molecule has 0 saturated carbocycles. The lowest BCUT2D eigenvalue weighted by Gasteiger charge is -2.12. The van der Waals surface area contributed by atoms with Crippen molar-refractivity contribution >= 4 is 17.4 Å². The zero-order chi connectivity index (χ0) is 18.0. The van der Waals surface area contributed by atoms with Crippen LogP contribution in [0.25, 0.3) is 5.69 Å². The zero-order valence-electron chi connectivity index (χ0n) is 14.1. The molecule has 0 fully saturated rings. The van der Waals surface area contributed by atoms with Crippen molar-refractivity contribution < 1.29 is 4.92 Å². The van der Waals surface area contributed by atoms with E-state index in [0.29, 0.717) is 5.16 Å². The minimum absolute atomic E-state index is 0.0319. The summed E-state index contributed by atoms with van der Waals surface area (Å²) in [6.45, 7) is 6.03. The van der Waals surface area contributed by atoms with Gasteiger partial charge in [0.25, 0.3) is 5.69 Å². The molecule has 0 bridgehead atoms. The van der Waals surface area contributed by atoms with Gasteiger partial charge in [-0.05, 0) is 60.0 Å². The van der Waals surface area contributed by atoms with Gasteiger partial charge in [0.1, 0.15) is 0 Å². The Morgan fingerprint density at radius 3 is 2.56 bits per heavy atom. The van der Waals surface area contributed by atoms with Crippen LogP contribution >= 0.6 is 11.8 Å². The number of aryl methyl sites for hydroxylation is 2. The average Bonchev–Trinajstić information content (AvgIpc) is 3.02. The van der Waals surface area contributed by atoms with E-state index in [0.717, 1.165) is 22.4 Å². The highest BCUT2D eigenvalue weighted by Gasteiger charge is 2.17. The fourth-order valence-electron chi connectivity index (χ4n) is 2.60. The maximum absolute atomic E-state index is 11.0. The molecule has 3 aromatic rings.